The molecule has 178 valence electrons. The van der Waals surface area contributed by atoms with Crippen LogP contribution in [-0.2, 0) is 0 Å². The average molecular weight is 470 g/mol. The maximum Gasteiger partial charge on any atom is 0.0991 e. The standard InChI is InChI=1S/C33H31N3/c1-35(2)31-19-15-29(16-20-31)33(30-17-21-32(22-18-30)36(3)4)23-27-11-7-25(8-12-27)5-6-26-9-13-28(24-34)14-10-26/h5-23H,1-4H3/b6-5+. The van der Waals surface area contributed by atoms with Crippen LogP contribution in [0.25, 0.3) is 23.8 Å². The maximum absolute atomic E-state index is 8.96. The second-order valence-electron chi connectivity index (χ2n) is 9.17. The van der Waals surface area contributed by atoms with Gasteiger partial charge in [0.1, 0.15) is 0 Å². The van der Waals surface area contributed by atoms with Crippen LogP contribution in [0.4, 0.5) is 11.4 Å². The van der Waals surface area contributed by atoms with Crippen LogP contribution in [0.15, 0.2) is 97.1 Å². The summed E-state index contributed by atoms with van der Waals surface area (Å²) in [4.78, 5) is 4.23. The van der Waals surface area contributed by atoms with E-state index in [9.17, 15) is 0 Å². The highest BCUT2D eigenvalue weighted by Gasteiger charge is 2.08. The molecule has 0 unspecified atom stereocenters. The van der Waals surface area contributed by atoms with Gasteiger partial charge in [0, 0.05) is 39.6 Å². The van der Waals surface area contributed by atoms with Crippen LogP contribution in [0.5, 0.6) is 0 Å². The first kappa shape index (κ1) is 24.6. The highest BCUT2D eigenvalue weighted by molar-refractivity contribution is 5.92. The smallest absolute Gasteiger partial charge is 0.0991 e. The second kappa shape index (κ2) is 11.3. The minimum Gasteiger partial charge on any atom is -0.378 e. The van der Waals surface area contributed by atoms with Crippen LogP contribution >= 0.6 is 0 Å². The van der Waals surface area contributed by atoms with Crippen molar-refractivity contribution in [2.24, 2.45) is 0 Å². The van der Waals surface area contributed by atoms with Crippen molar-refractivity contribution in [2.75, 3.05) is 38.0 Å². The van der Waals surface area contributed by atoms with E-state index in [-0.39, 0.29) is 0 Å². The second-order valence-corrected chi connectivity index (χ2v) is 9.17. The highest BCUT2D eigenvalue weighted by Crippen LogP contribution is 2.29. The topological polar surface area (TPSA) is 30.3 Å². The summed E-state index contributed by atoms with van der Waals surface area (Å²) >= 11 is 0. The first-order chi connectivity index (χ1) is 17.4. The van der Waals surface area contributed by atoms with Gasteiger partial charge in [-0.2, -0.15) is 5.26 Å². The van der Waals surface area contributed by atoms with E-state index in [1.165, 1.54) is 28.1 Å². The summed E-state index contributed by atoms with van der Waals surface area (Å²) in [6.07, 6.45) is 6.41. The Morgan fingerprint density at radius 3 is 1.33 bits per heavy atom. The Kier molecular flexibility index (Phi) is 7.68. The molecule has 0 amide bonds. The van der Waals surface area contributed by atoms with Gasteiger partial charge in [-0.25, -0.2) is 0 Å². The number of hydrogen-bond acceptors (Lipinski definition) is 3. The molecule has 0 saturated heterocycles. The van der Waals surface area contributed by atoms with Gasteiger partial charge < -0.3 is 9.80 Å². The SMILES string of the molecule is CN(C)c1ccc(C(=Cc2ccc(/C=C/c3ccc(C#N)cc3)cc2)c2ccc(N(C)C)cc2)cc1. The summed E-state index contributed by atoms with van der Waals surface area (Å²) < 4.78 is 0. The normalized spacial score (nSPS) is 10.6. The van der Waals surface area contributed by atoms with Crippen LogP contribution < -0.4 is 9.80 Å². The van der Waals surface area contributed by atoms with Crippen LogP contribution in [0.1, 0.15) is 33.4 Å². The third-order valence-corrected chi connectivity index (χ3v) is 6.14. The van der Waals surface area contributed by atoms with E-state index in [1.54, 1.807) is 0 Å². The van der Waals surface area contributed by atoms with Crippen LogP contribution in [0.2, 0.25) is 0 Å². The lowest BCUT2D eigenvalue weighted by Crippen LogP contribution is -2.08. The van der Waals surface area contributed by atoms with Crippen molar-refractivity contribution in [3.8, 4) is 6.07 Å². The molecule has 0 aromatic heterocycles. The molecule has 36 heavy (non-hydrogen) atoms. The molecular weight excluding hydrogens is 438 g/mol. The van der Waals surface area contributed by atoms with Crippen molar-refractivity contribution in [2.45, 2.75) is 0 Å². The Hall–Kier alpha value is -4.55. The van der Waals surface area contributed by atoms with Crippen molar-refractivity contribution in [1.82, 2.24) is 0 Å². The van der Waals surface area contributed by atoms with Crippen molar-refractivity contribution < 1.29 is 0 Å². The van der Waals surface area contributed by atoms with Gasteiger partial charge in [-0.3, -0.25) is 0 Å². The van der Waals surface area contributed by atoms with Gasteiger partial charge in [0.25, 0.3) is 0 Å². The lowest BCUT2D eigenvalue weighted by molar-refractivity contribution is 1.13. The number of anilines is 2. The number of benzene rings is 4. The van der Waals surface area contributed by atoms with E-state index in [4.69, 9.17) is 5.26 Å². The Bertz CT molecular complexity index is 1330. The monoisotopic (exact) mass is 469 g/mol. The van der Waals surface area contributed by atoms with Gasteiger partial charge in [-0.05, 0) is 75.9 Å². The van der Waals surface area contributed by atoms with Crippen LogP contribution in [-0.4, -0.2) is 28.2 Å². The lowest BCUT2D eigenvalue weighted by atomic mass is 9.95. The molecule has 0 aliphatic heterocycles. The fourth-order valence-corrected chi connectivity index (χ4v) is 3.94. The van der Waals surface area contributed by atoms with Crippen molar-refractivity contribution in [3.05, 3.63) is 130 Å². The number of nitriles is 1. The quantitative estimate of drug-likeness (QED) is 0.263. The minimum absolute atomic E-state index is 0.673. The van der Waals surface area contributed by atoms with Crippen molar-refractivity contribution in [1.29, 1.82) is 5.26 Å². The lowest BCUT2D eigenvalue weighted by Gasteiger charge is -2.16. The first-order valence-corrected chi connectivity index (χ1v) is 12.0. The highest BCUT2D eigenvalue weighted by atomic mass is 15.1. The molecule has 3 heteroatoms. The molecule has 0 bridgehead atoms. The Labute approximate surface area is 214 Å². The maximum atomic E-state index is 8.96. The summed E-state index contributed by atoms with van der Waals surface area (Å²) in [5, 5.41) is 8.96. The fraction of sp³-hybridized carbons (Fsp3) is 0.121. The first-order valence-electron chi connectivity index (χ1n) is 12.0. The Balaban J connectivity index is 1.63. The van der Waals surface area contributed by atoms with Crippen molar-refractivity contribution >= 4 is 35.2 Å². The predicted octanol–water partition coefficient (Wildman–Crippen LogP) is 7.45. The third-order valence-electron chi connectivity index (χ3n) is 6.14. The van der Waals surface area contributed by atoms with Gasteiger partial charge in [0.05, 0.1) is 11.6 Å². The number of hydrogen-bond donors (Lipinski definition) is 0. The van der Waals surface area contributed by atoms with Gasteiger partial charge in [-0.15, -0.1) is 0 Å². The van der Waals surface area contributed by atoms with Gasteiger partial charge in [0.2, 0.25) is 0 Å². The zero-order chi connectivity index (χ0) is 25.5. The summed E-state index contributed by atoms with van der Waals surface area (Å²) in [5.74, 6) is 0. The van der Waals surface area contributed by atoms with E-state index in [0.29, 0.717) is 5.56 Å². The molecule has 3 nitrogen and oxygen atoms in total. The molecule has 0 atom stereocenters. The molecule has 0 heterocycles. The van der Waals surface area contributed by atoms with Gasteiger partial charge >= 0.3 is 0 Å². The fourth-order valence-electron chi connectivity index (χ4n) is 3.94. The summed E-state index contributed by atoms with van der Waals surface area (Å²) in [6, 6.07) is 35.7. The summed E-state index contributed by atoms with van der Waals surface area (Å²) in [6.45, 7) is 0. The van der Waals surface area contributed by atoms with Gasteiger partial charge in [-0.1, -0.05) is 72.8 Å². The van der Waals surface area contributed by atoms with E-state index in [1.807, 2.05) is 24.3 Å². The molecule has 0 aliphatic carbocycles. The summed E-state index contributed by atoms with van der Waals surface area (Å²) in [7, 11) is 8.23. The number of nitrogens with zero attached hydrogens (tertiary/aromatic N) is 3. The Morgan fingerprint density at radius 2 is 0.944 bits per heavy atom. The van der Waals surface area contributed by atoms with E-state index < -0.39 is 0 Å². The van der Waals surface area contributed by atoms with Gasteiger partial charge in [0.15, 0.2) is 0 Å². The Morgan fingerprint density at radius 1 is 0.556 bits per heavy atom. The minimum atomic E-state index is 0.673. The molecular formula is C33H31N3. The van der Waals surface area contributed by atoms with E-state index in [2.05, 4.69) is 135 Å². The van der Waals surface area contributed by atoms with Crippen molar-refractivity contribution in [3.63, 3.8) is 0 Å². The molecule has 0 saturated carbocycles. The molecule has 4 aromatic rings. The van der Waals surface area contributed by atoms with E-state index in [0.717, 1.165) is 16.7 Å². The van der Waals surface area contributed by atoms with E-state index >= 15 is 0 Å². The number of rotatable bonds is 7. The summed E-state index contributed by atoms with van der Waals surface area (Å²) in [5.41, 5.74) is 9.93. The molecule has 0 aliphatic rings. The molecule has 0 fully saturated rings. The molecule has 4 aromatic carbocycles. The largest absolute Gasteiger partial charge is 0.378 e. The zero-order valence-electron chi connectivity index (χ0n) is 21.3. The van der Waals surface area contributed by atoms with Crippen LogP contribution in [0, 0.1) is 11.3 Å². The predicted molar refractivity (Wildman–Crippen MR) is 155 cm³/mol. The average Bonchev–Trinajstić information content (AvgIpc) is 2.91. The third kappa shape index (κ3) is 6.11. The molecule has 4 rings (SSSR count). The zero-order valence-corrected chi connectivity index (χ0v) is 21.3. The van der Waals surface area contributed by atoms with Crippen LogP contribution in [0.3, 0.4) is 0 Å². The molecule has 0 N–H and O–H groups in total. The molecule has 0 radical (unpaired) electrons. The molecule has 0 spiro atoms.